The minimum atomic E-state index is -0.540. The Balaban J connectivity index is 1.46. The van der Waals surface area contributed by atoms with Crippen molar-refractivity contribution in [2.24, 2.45) is 0 Å². The molecule has 1 aromatic heterocycles. The Labute approximate surface area is 174 Å². The number of carbonyl (C=O) groups is 2. The maximum absolute atomic E-state index is 12.3. The molecular weight excluding hydrogens is 392 g/mol. The van der Waals surface area contributed by atoms with E-state index in [0.717, 1.165) is 48.8 Å². The van der Waals surface area contributed by atoms with Crippen molar-refractivity contribution in [2.75, 3.05) is 7.11 Å². The molecule has 1 heterocycles. The van der Waals surface area contributed by atoms with Crippen LogP contribution in [0.5, 0.6) is 5.75 Å². The molecule has 3 amide bonds. The van der Waals surface area contributed by atoms with Crippen LogP contribution in [0.15, 0.2) is 33.9 Å². The van der Waals surface area contributed by atoms with Gasteiger partial charge in [0.25, 0.3) is 5.22 Å². The van der Waals surface area contributed by atoms with Crippen LogP contribution in [0.3, 0.4) is 0 Å². The van der Waals surface area contributed by atoms with E-state index in [2.05, 4.69) is 20.8 Å². The molecule has 1 fully saturated rings. The molecule has 1 aromatic carbocycles. The molecule has 0 saturated heterocycles. The van der Waals surface area contributed by atoms with Crippen LogP contribution in [-0.2, 0) is 11.2 Å². The lowest BCUT2D eigenvalue weighted by Crippen LogP contribution is -2.47. The zero-order valence-corrected chi connectivity index (χ0v) is 17.5. The molecule has 8 nitrogen and oxygen atoms in total. The second-order valence-corrected chi connectivity index (χ2v) is 8.34. The number of ether oxygens (including phenoxy) is 1. The number of aromatic nitrogens is 2. The number of hydrogen-bond donors (Lipinski definition) is 2. The maximum Gasteiger partial charge on any atom is 0.321 e. The molecule has 0 bridgehead atoms. The number of carbonyl (C=O) groups excluding carboxylic acids is 2. The predicted molar refractivity (Wildman–Crippen MR) is 109 cm³/mol. The van der Waals surface area contributed by atoms with Crippen molar-refractivity contribution in [1.82, 2.24) is 20.8 Å². The van der Waals surface area contributed by atoms with Crippen LogP contribution in [0, 0.1) is 0 Å². The van der Waals surface area contributed by atoms with Gasteiger partial charge in [-0.3, -0.25) is 10.1 Å². The predicted octanol–water partition coefficient (Wildman–Crippen LogP) is 3.31. The monoisotopic (exact) mass is 418 g/mol. The van der Waals surface area contributed by atoms with Crippen LogP contribution in [0.1, 0.15) is 50.5 Å². The first-order valence-corrected chi connectivity index (χ1v) is 10.6. The van der Waals surface area contributed by atoms with E-state index in [1.165, 1.54) is 6.42 Å². The molecule has 1 saturated carbocycles. The van der Waals surface area contributed by atoms with E-state index in [9.17, 15) is 9.59 Å². The normalized spacial score (nSPS) is 15.5. The lowest BCUT2D eigenvalue weighted by Gasteiger charge is -2.22. The number of benzene rings is 1. The molecule has 2 N–H and O–H groups in total. The van der Waals surface area contributed by atoms with Gasteiger partial charge in [0.1, 0.15) is 5.75 Å². The van der Waals surface area contributed by atoms with Gasteiger partial charge < -0.3 is 14.5 Å². The van der Waals surface area contributed by atoms with Crippen molar-refractivity contribution in [1.29, 1.82) is 0 Å². The number of rotatable bonds is 7. The summed E-state index contributed by atoms with van der Waals surface area (Å²) in [4.78, 5) is 24.3. The second-order valence-electron chi connectivity index (χ2n) is 7.04. The molecule has 0 spiro atoms. The molecule has 3 rings (SSSR count). The third kappa shape index (κ3) is 6.49. The number of imide groups is 1. The van der Waals surface area contributed by atoms with Gasteiger partial charge in [0, 0.05) is 6.04 Å². The van der Waals surface area contributed by atoms with Gasteiger partial charge in [0.15, 0.2) is 0 Å². The van der Waals surface area contributed by atoms with Crippen LogP contribution in [-0.4, -0.2) is 40.5 Å². The first-order chi connectivity index (χ1) is 14.0. The molecule has 29 heavy (non-hydrogen) atoms. The molecule has 1 atom stereocenters. The van der Waals surface area contributed by atoms with Gasteiger partial charge in [-0.1, -0.05) is 43.2 Å². The van der Waals surface area contributed by atoms with E-state index in [4.69, 9.17) is 9.15 Å². The molecular formula is C20H26N4O4S. The summed E-state index contributed by atoms with van der Waals surface area (Å²) in [7, 11) is 1.62. The minimum Gasteiger partial charge on any atom is -0.497 e. The van der Waals surface area contributed by atoms with Crippen LogP contribution in [0.4, 0.5) is 4.79 Å². The Morgan fingerprint density at radius 1 is 1.21 bits per heavy atom. The van der Waals surface area contributed by atoms with Crippen LogP contribution >= 0.6 is 11.8 Å². The number of nitrogens with one attached hydrogen (secondary N) is 2. The molecule has 1 aliphatic carbocycles. The van der Waals surface area contributed by atoms with Crippen molar-refractivity contribution in [3.63, 3.8) is 0 Å². The number of amides is 3. The first-order valence-electron chi connectivity index (χ1n) is 9.77. The summed E-state index contributed by atoms with van der Waals surface area (Å²) in [5.74, 6) is 0.849. The Kier molecular flexibility index (Phi) is 7.51. The van der Waals surface area contributed by atoms with E-state index < -0.39 is 17.2 Å². The number of urea groups is 1. The highest BCUT2D eigenvalue weighted by molar-refractivity contribution is 8.00. The van der Waals surface area contributed by atoms with E-state index in [-0.39, 0.29) is 6.04 Å². The van der Waals surface area contributed by atoms with Gasteiger partial charge >= 0.3 is 6.03 Å². The summed E-state index contributed by atoms with van der Waals surface area (Å²) in [6.45, 7) is 1.70. The molecule has 0 radical (unpaired) electrons. The summed E-state index contributed by atoms with van der Waals surface area (Å²) < 4.78 is 10.8. The lowest BCUT2D eigenvalue weighted by molar-refractivity contribution is -0.119. The van der Waals surface area contributed by atoms with Crippen LogP contribution in [0.25, 0.3) is 0 Å². The largest absolute Gasteiger partial charge is 0.497 e. The van der Waals surface area contributed by atoms with E-state index >= 15 is 0 Å². The van der Waals surface area contributed by atoms with Crippen molar-refractivity contribution >= 4 is 23.7 Å². The lowest BCUT2D eigenvalue weighted by atomic mass is 9.96. The molecule has 156 valence electrons. The molecule has 9 heteroatoms. The van der Waals surface area contributed by atoms with Crippen molar-refractivity contribution < 1.29 is 18.7 Å². The number of hydrogen-bond acceptors (Lipinski definition) is 7. The fourth-order valence-electron chi connectivity index (χ4n) is 3.16. The van der Waals surface area contributed by atoms with E-state index in [1.54, 1.807) is 14.0 Å². The summed E-state index contributed by atoms with van der Waals surface area (Å²) in [6.07, 6.45) is 5.84. The van der Waals surface area contributed by atoms with Crippen molar-refractivity contribution in [3.8, 4) is 5.75 Å². The number of thioether (sulfide) groups is 1. The minimum absolute atomic E-state index is 0.149. The maximum atomic E-state index is 12.3. The van der Waals surface area contributed by atoms with Crippen molar-refractivity contribution in [3.05, 3.63) is 35.7 Å². The zero-order valence-electron chi connectivity index (χ0n) is 16.6. The van der Waals surface area contributed by atoms with Gasteiger partial charge in [-0.25, -0.2) is 4.79 Å². The summed E-state index contributed by atoms with van der Waals surface area (Å²) in [6, 6.07) is 7.29. The van der Waals surface area contributed by atoms with Gasteiger partial charge in [-0.05, 0) is 37.5 Å². The fourth-order valence-corrected chi connectivity index (χ4v) is 3.86. The Hall–Kier alpha value is -2.55. The third-order valence-electron chi connectivity index (χ3n) is 4.79. The summed E-state index contributed by atoms with van der Waals surface area (Å²) >= 11 is 1.12. The number of nitrogens with zero attached hydrogens (tertiary/aromatic N) is 2. The SMILES string of the molecule is COc1ccc(Cc2nnc(S[C@@H](C)C(=O)NC(=O)NC3CCCCC3)o2)cc1. The molecule has 0 aliphatic heterocycles. The average molecular weight is 419 g/mol. The van der Waals surface area contributed by atoms with Crippen LogP contribution in [0.2, 0.25) is 0 Å². The quantitative estimate of drug-likeness (QED) is 0.664. The fraction of sp³-hybridized carbons (Fsp3) is 0.500. The topological polar surface area (TPSA) is 106 Å². The average Bonchev–Trinajstić information content (AvgIpc) is 3.15. The highest BCUT2D eigenvalue weighted by Gasteiger charge is 2.22. The first kappa shape index (κ1) is 21.2. The standard InChI is InChI=1S/C20H26N4O4S/c1-13(18(25)22-19(26)21-15-6-4-3-5-7-15)29-20-24-23-17(28-20)12-14-8-10-16(27-2)11-9-14/h8-11,13,15H,3-7,12H2,1-2H3,(H2,21,22,25,26)/t13-/m0/s1. The van der Waals surface area contributed by atoms with E-state index in [1.807, 2.05) is 24.3 Å². The van der Waals surface area contributed by atoms with Gasteiger partial charge in [0.2, 0.25) is 11.8 Å². The van der Waals surface area contributed by atoms with Gasteiger partial charge in [-0.15, -0.1) is 10.2 Å². The molecule has 0 unspecified atom stereocenters. The van der Waals surface area contributed by atoms with Crippen molar-refractivity contribution in [2.45, 2.75) is 62.0 Å². The number of methoxy groups -OCH3 is 1. The molecule has 2 aromatic rings. The highest BCUT2D eigenvalue weighted by Crippen LogP contribution is 2.23. The van der Waals surface area contributed by atoms with Crippen LogP contribution < -0.4 is 15.4 Å². The Morgan fingerprint density at radius 2 is 1.93 bits per heavy atom. The third-order valence-corrected chi connectivity index (χ3v) is 5.72. The Morgan fingerprint density at radius 3 is 2.62 bits per heavy atom. The van der Waals surface area contributed by atoms with Gasteiger partial charge in [0.05, 0.1) is 18.8 Å². The van der Waals surface area contributed by atoms with Gasteiger partial charge in [-0.2, -0.15) is 0 Å². The second kappa shape index (κ2) is 10.3. The summed E-state index contributed by atoms with van der Waals surface area (Å²) in [5, 5.41) is 13.0. The highest BCUT2D eigenvalue weighted by atomic mass is 32.2. The Bertz CT molecular complexity index is 818. The molecule has 1 aliphatic rings. The van der Waals surface area contributed by atoms with E-state index in [0.29, 0.717) is 17.5 Å². The summed E-state index contributed by atoms with van der Waals surface area (Å²) in [5.41, 5.74) is 1.01. The zero-order chi connectivity index (χ0) is 20.6. The smallest absolute Gasteiger partial charge is 0.321 e.